The van der Waals surface area contributed by atoms with E-state index in [1.165, 1.54) is 11.4 Å². The standard InChI is InChI=1S/C9H20N2O/c1-3-5-7-10-9-11(12)8-6-4-2/h9,12H,3-8H2,1-2H3/b10-9+. The second kappa shape index (κ2) is 8.53. The highest BCUT2D eigenvalue weighted by Gasteiger charge is 1.90. The predicted octanol–water partition coefficient (Wildman–Crippen LogP) is 2.31. The van der Waals surface area contributed by atoms with Gasteiger partial charge >= 0.3 is 0 Å². The van der Waals surface area contributed by atoms with E-state index >= 15 is 0 Å². The fourth-order valence-electron chi connectivity index (χ4n) is 0.779. The SMILES string of the molecule is CCCC/N=C/N(O)CCCC. The Bertz CT molecular complexity index is 115. The molecular formula is C9H20N2O. The van der Waals surface area contributed by atoms with E-state index in [2.05, 4.69) is 18.8 Å². The van der Waals surface area contributed by atoms with E-state index < -0.39 is 0 Å². The van der Waals surface area contributed by atoms with Crippen LogP contribution >= 0.6 is 0 Å². The van der Waals surface area contributed by atoms with Crippen molar-refractivity contribution in [2.45, 2.75) is 39.5 Å². The summed E-state index contributed by atoms with van der Waals surface area (Å²) in [5, 5.41) is 10.3. The molecule has 0 unspecified atom stereocenters. The van der Waals surface area contributed by atoms with E-state index in [1.54, 1.807) is 0 Å². The first-order valence-corrected chi connectivity index (χ1v) is 4.76. The smallest absolute Gasteiger partial charge is 0.110 e. The van der Waals surface area contributed by atoms with Gasteiger partial charge in [-0.3, -0.25) is 10.2 Å². The van der Waals surface area contributed by atoms with Crippen LogP contribution in [0.1, 0.15) is 39.5 Å². The molecule has 0 aromatic rings. The molecule has 0 rings (SSSR count). The summed E-state index contributed by atoms with van der Waals surface area (Å²) in [5.74, 6) is 0. The summed E-state index contributed by atoms with van der Waals surface area (Å²) in [6.07, 6.45) is 5.87. The van der Waals surface area contributed by atoms with Gasteiger partial charge in [-0.25, -0.2) is 5.06 Å². The fraction of sp³-hybridized carbons (Fsp3) is 0.889. The Kier molecular flexibility index (Phi) is 8.12. The molecule has 3 heteroatoms. The van der Waals surface area contributed by atoms with Crippen LogP contribution in [0.15, 0.2) is 4.99 Å². The molecule has 0 saturated carbocycles. The zero-order chi connectivity index (χ0) is 9.23. The van der Waals surface area contributed by atoms with Gasteiger partial charge in [0.2, 0.25) is 0 Å². The van der Waals surface area contributed by atoms with Crippen LogP contribution in [0.4, 0.5) is 0 Å². The predicted molar refractivity (Wildman–Crippen MR) is 51.7 cm³/mol. The molecule has 1 N–H and O–H groups in total. The first-order chi connectivity index (χ1) is 5.81. The molecule has 3 nitrogen and oxygen atoms in total. The Hall–Kier alpha value is -0.570. The maximum Gasteiger partial charge on any atom is 0.110 e. The van der Waals surface area contributed by atoms with Crippen LogP contribution in [-0.4, -0.2) is 29.7 Å². The van der Waals surface area contributed by atoms with Crippen LogP contribution in [0.3, 0.4) is 0 Å². The largest absolute Gasteiger partial charge is 0.288 e. The number of hydroxylamine groups is 2. The molecule has 0 spiro atoms. The van der Waals surface area contributed by atoms with Crippen molar-refractivity contribution in [2.75, 3.05) is 13.1 Å². The number of rotatable bonds is 7. The summed E-state index contributed by atoms with van der Waals surface area (Å²) in [4.78, 5) is 4.06. The average Bonchev–Trinajstić information content (AvgIpc) is 2.09. The van der Waals surface area contributed by atoms with E-state index in [4.69, 9.17) is 5.21 Å². The van der Waals surface area contributed by atoms with Gasteiger partial charge in [-0.2, -0.15) is 0 Å². The van der Waals surface area contributed by atoms with E-state index in [0.717, 1.165) is 32.2 Å². The Morgan fingerprint density at radius 3 is 2.50 bits per heavy atom. The molecule has 72 valence electrons. The molecule has 12 heavy (non-hydrogen) atoms. The zero-order valence-electron chi connectivity index (χ0n) is 8.16. The molecular weight excluding hydrogens is 152 g/mol. The zero-order valence-corrected chi connectivity index (χ0v) is 8.16. The lowest BCUT2D eigenvalue weighted by atomic mass is 10.3. The van der Waals surface area contributed by atoms with Gasteiger partial charge in [0, 0.05) is 13.1 Å². The molecule has 0 aliphatic rings. The van der Waals surface area contributed by atoms with Crippen molar-refractivity contribution in [3.63, 3.8) is 0 Å². The normalized spacial score (nSPS) is 10.9. The van der Waals surface area contributed by atoms with E-state index in [9.17, 15) is 0 Å². The lowest BCUT2D eigenvalue weighted by molar-refractivity contribution is -0.00943. The molecule has 0 bridgehead atoms. The minimum Gasteiger partial charge on any atom is -0.288 e. The summed E-state index contributed by atoms with van der Waals surface area (Å²) in [7, 11) is 0. The van der Waals surface area contributed by atoms with Crippen LogP contribution in [0.5, 0.6) is 0 Å². The van der Waals surface area contributed by atoms with E-state index in [-0.39, 0.29) is 0 Å². The van der Waals surface area contributed by atoms with Crippen LogP contribution in [0.25, 0.3) is 0 Å². The third-order valence-corrected chi connectivity index (χ3v) is 1.60. The van der Waals surface area contributed by atoms with E-state index in [0.29, 0.717) is 6.54 Å². The molecule has 0 fully saturated rings. The molecule has 0 heterocycles. The monoisotopic (exact) mass is 172 g/mol. The second-order valence-corrected chi connectivity index (χ2v) is 2.89. The van der Waals surface area contributed by atoms with Crippen LogP contribution in [0.2, 0.25) is 0 Å². The summed E-state index contributed by atoms with van der Waals surface area (Å²) in [5.41, 5.74) is 0. The summed E-state index contributed by atoms with van der Waals surface area (Å²) < 4.78 is 0. The average molecular weight is 172 g/mol. The maximum atomic E-state index is 9.16. The van der Waals surface area contributed by atoms with Gasteiger partial charge < -0.3 is 0 Å². The Balaban J connectivity index is 3.27. The van der Waals surface area contributed by atoms with Crippen molar-refractivity contribution in [3.05, 3.63) is 0 Å². The summed E-state index contributed by atoms with van der Waals surface area (Å²) >= 11 is 0. The van der Waals surface area contributed by atoms with Crippen LogP contribution in [0, 0.1) is 0 Å². The van der Waals surface area contributed by atoms with Gasteiger partial charge in [0.15, 0.2) is 0 Å². The van der Waals surface area contributed by atoms with Crippen molar-refractivity contribution in [1.29, 1.82) is 0 Å². The highest BCUT2D eigenvalue weighted by atomic mass is 16.5. The molecule has 0 aromatic carbocycles. The lowest BCUT2D eigenvalue weighted by Gasteiger charge is -2.08. The van der Waals surface area contributed by atoms with Gasteiger partial charge in [0.1, 0.15) is 6.34 Å². The van der Waals surface area contributed by atoms with Gasteiger partial charge in [-0.05, 0) is 12.8 Å². The maximum absolute atomic E-state index is 9.16. The van der Waals surface area contributed by atoms with Crippen molar-refractivity contribution in [3.8, 4) is 0 Å². The van der Waals surface area contributed by atoms with Gasteiger partial charge in [0.25, 0.3) is 0 Å². The summed E-state index contributed by atoms with van der Waals surface area (Å²) in [6.45, 7) is 5.73. The highest BCUT2D eigenvalue weighted by Crippen LogP contribution is 1.90. The van der Waals surface area contributed by atoms with Crippen molar-refractivity contribution >= 4 is 6.34 Å². The van der Waals surface area contributed by atoms with Crippen LogP contribution < -0.4 is 0 Å². The topological polar surface area (TPSA) is 35.8 Å². The molecule has 0 aromatic heterocycles. The number of unbranched alkanes of at least 4 members (excludes halogenated alkanes) is 2. The third-order valence-electron chi connectivity index (χ3n) is 1.60. The van der Waals surface area contributed by atoms with Crippen molar-refractivity contribution < 1.29 is 5.21 Å². The molecule has 0 amide bonds. The van der Waals surface area contributed by atoms with Gasteiger partial charge in [0.05, 0.1) is 0 Å². The second-order valence-electron chi connectivity index (χ2n) is 2.89. The minimum absolute atomic E-state index is 0.687. The third kappa shape index (κ3) is 7.54. The van der Waals surface area contributed by atoms with Gasteiger partial charge in [-0.15, -0.1) is 0 Å². The first-order valence-electron chi connectivity index (χ1n) is 4.76. The Labute approximate surface area is 75.1 Å². The Morgan fingerprint density at radius 2 is 1.92 bits per heavy atom. The fourth-order valence-corrected chi connectivity index (χ4v) is 0.779. The Morgan fingerprint density at radius 1 is 1.25 bits per heavy atom. The first kappa shape index (κ1) is 11.4. The molecule has 0 atom stereocenters. The molecule has 0 aliphatic carbocycles. The summed E-state index contributed by atoms with van der Waals surface area (Å²) in [6, 6.07) is 0. The van der Waals surface area contributed by atoms with Crippen LogP contribution in [-0.2, 0) is 0 Å². The van der Waals surface area contributed by atoms with E-state index in [1.807, 2.05) is 0 Å². The van der Waals surface area contributed by atoms with Crippen molar-refractivity contribution in [2.24, 2.45) is 4.99 Å². The number of hydrogen-bond acceptors (Lipinski definition) is 2. The number of hydrogen-bond donors (Lipinski definition) is 1. The number of nitrogens with zero attached hydrogens (tertiary/aromatic N) is 2. The number of aliphatic imine (C=N–C) groups is 1. The quantitative estimate of drug-likeness (QED) is 0.277. The minimum atomic E-state index is 0.687. The van der Waals surface area contributed by atoms with Gasteiger partial charge in [-0.1, -0.05) is 26.7 Å². The molecule has 0 aliphatic heterocycles. The molecule has 0 saturated heterocycles. The lowest BCUT2D eigenvalue weighted by Crippen LogP contribution is -2.18. The van der Waals surface area contributed by atoms with Crippen molar-refractivity contribution in [1.82, 2.24) is 5.06 Å². The molecule has 0 radical (unpaired) electrons. The highest BCUT2D eigenvalue weighted by molar-refractivity contribution is 5.52.